The Morgan fingerprint density at radius 3 is 2.02 bits per heavy atom. The number of carbonyl (C=O) groups is 2. The summed E-state index contributed by atoms with van der Waals surface area (Å²) >= 11 is 0. The molecule has 1 N–H and O–H groups in total. The third-order valence-electron chi connectivity index (χ3n) is 7.57. The molecule has 0 fully saturated rings. The van der Waals surface area contributed by atoms with Crippen LogP contribution in [0.2, 0.25) is 0 Å². The number of hydrogen-bond donors (Lipinski definition) is 1. The number of hydrogen-bond acceptors (Lipinski definition) is 4. The number of nitrogens with zero attached hydrogens (tertiary/aromatic N) is 2. The lowest BCUT2D eigenvalue weighted by molar-refractivity contribution is -0.140. The second-order valence-electron chi connectivity index (χ2n) is 11.0. The zero-order valence-electron chi connectivity index (χ0n) is 25.6. The summed E-state index contributed by atoms with van der Waals surface area (Å²) in [7, 11) is -4.12. The van der Waals surface area contributed by atoms with E-state index in [0.717, 1.165) is 33.8 Å². The number of para-hydroxylation sites is 1. The van der Waals surface area contributed by atoms with Crippen LogP contribution in [0.1, 0.15) is 42.0 Å². The van der Waals surface area contributed by atoms with Crippen LogP contribution in [0.3, 0.4) is 0 Å². The van der Waals surface area contributed by atoms with Gasteiger partial charge in [-0.05, 0) is 55.2 Å². The lowest BCUT2D eigenvalue weighted by atomic mass is 10.0. The molecule has 8 heteroatoms. The quantitative estimate of drug-likeness (QED) is 0.176. The number of unbranched alkanes of at least 4 members (excludes halogenated alkanes) is 1. The maximum Gasteiger partial charge on any atom is 0.264 e. The molecule has 0 aliphatic carbocycles. The van der Waals surface area contributed by atoms with Crippen LogP contribution >= 0.6 is 0 Å². The van der Waals surface area contributed by atoms with Gasteiger partial charge in [-0.15, -0.1) is 0 Å². The molecule has 0 unspecified atom stereocenters. The molecule has 4 aromatic rings. The molecule has 0 radical (unpaired) electrons. The number of rotatable bonds is 14. The second-order valence-corrected chi connectivity index (χ2v) is 12.8. The van der Waals surface area contributed by atoms with E-state index in [1.54, 1.807) is 30.3 Å². The molecule has 0 saturated heterocycles. The predicted octanol–water partition coefficient (Wildman–Crippen LogP) is 6.06. The van der Waals surface area contributed by atoms with E-state index in [1.165, 1.54) is 17.0 Å². The Labute approximate surface area is 261 Å². The van der Waals surface area contributed by atoms with E-state index in [9.17, 15) is 18.0 Å². The van der Waals surface area contributed by atoms with Gasteiger partial charge in [0.2, 0.25) is 11.8 Å². The number of carbonyl (C=O) groups excluding carboxylic acids is 2. The van der Waals surface area contributed by atoms with Crippen molar-refractivity contribution in [2.24, 2.45) is 0 Å². The van der Waals surface area contributed by atoms with Crippen molar-refractivity contribution in [2.45, 2.75) is 57.5 Å². The summed E-state index contributed by atoms with van der Waals surface area (Å²) in [5.74, 6) is -0.740. The van der Waals surface area contributed by atoms with Crippen molar-refractivity contribution in [3.05, 3.63) is 131 Å². The van der Waals surface area contributed by atoms with Gasteiger partial charge < -0.3 is 10.2 Å². The predicted molar refractivity (Wildman–Crippen MR) is 176 cm³/mol. The van der Waals surface area contributed by atoms with Crippen molar-refractivity contribution in [1.29, 1.82) is 0 Å². The van der Waals surface area contributed by atoms with Crippen molar-refractivity contribution in [2.75, 3.05) is 17.4 Å². The average molecular weight is 612 g/mol. The van der Waals surface area contributed by atoms with Crippen LogP contribution in [0.15, 0.2) is 114 Å². The number of nitrogens with one attached hydrogen (secondary N) is 1. The molecule has 230 valence electrons. The van der Waals surface area contributed by atoms with Crippen LogP contribution in [0.4, 0.5) is 5.69 Å². The molecule has 44 heavy (non-hydrogen) atoms. The molecule has 0 aliphatic rings. The van der Waals surface area contributed by atoms with Crippen LogP contribution in [-0.4, -0.2) is 44.3 Å². The molecular weight excluding hydrogens is 570 g/mol. The first-order valence-corrected chi connectivity index (χ1v) is 16.4. The number of anilines is 1. The molecule has 0 bridgehead atoms. The van der Waals surface area contributed by atoms with Crippen LogP contribution < -0.4 is 9.62 Å². The number of sulfonamides is 1. The molecule has 0 spiro atoms. The van der Waals surface area contributed by atoms with E-state index in [-0.39, 0.29) is 23.8 Å². The minimum absolute atomic E-state index is 0.0827. The summed E-state index contributed by atoms with van der Waals surface area (Å²) in [5, 5.41) is 3.02. The molecule has 0 saturated carbocycles. The number of amides is 2. The first kappa shape index (κ1) is 32.5. The topological polar surface area (TPSA) is 86.8 Å². The summed E-state index contributed by atoms with van der Waals surface area (Å²) in [5.41, 5.74) is 3.94. The van der Waals surface area contributed by atoms with Gasteiger partial charge in [-0.1, -0.05) is 110 Å². The normalized spacial score (nSPS) is 11.9. The first-order valence-electron chi connectivity index (χ1n) is 15.0. The molecule has 1 atom stereocenters. The van der Waals surface area contributed by atoms with E-state index in [2.05, 4.69) is 5.32 Å². The van der Waals surface area contributed by atoms with Crippen molar-refractivity contribution >= 4 is 27.5 Å². The molecule has 0 aliphatic heterocycles. The third-order valence-corrected chi connectivity index (χ3v) is 9.34. The van der Waals surface area contributed by atoms with Crippen LogP contribution in [0, 0.1) is 13.8 Å². The Morgan fingerprint density at radius 1 is 0.773 bits per heavy atom. The maximum atomic E-state index is 14.5. The minimum Gasteiger partial charge on any atom is -0.354 e. The summed E-state index contributed by atoms with van der Waals surface area (Å²) < 4.78 is 29.3. The number of benzene rings is 4. The Balaban J connectivity index is 1.78. The summed E-state index contributed by atoms with van der Waals surface area (Å²) in [6.07, 6.45) is 2.01. The van der Waals surface area contributed by atoms with Gasteiger partial charge in [0.15, 0.2) is 0 Å². The van der Waals surface area contributed by atoms with Gasteiger partial charge in [-0.2, -0.15) is 0 Å². The summed E-state index contributed by atoms with van der Waals surface area (Å²) in [6.45, 7) is 6.02. The summed E-state index contributed by atoms with van der Waals surface area (Å²) in [4.78, 5) is 29.9. The highest BCUT2D eigenvalue weighted by Crippen LogP contribution is 2.27. The van der Waals surface area contributed by atoms with E-state index in [4.69, 9.17) is 0 Å². The van der Waals surface area contributed by atoms with E-state index < -0.39 is 28.5 Å². The fourth-order valence-electron chi connectivity index (χ4n) is 5.03. The fourth-order valence-corrected chi connectivity index (χ4v) is 6.53. The summed E-state index contributed by atoms with van der Waals surface area (Å²) in [6, 6.07) is 31.7. The van der Waals surface area contributed by atoms with Gasteiger partial charge in [0.25, 0.3) is 10.0 Å². The monoisotopic (exact) mass is 611 g/mol. The van der Waals surface area contributed by atoms with Gasteiger partial charge in [-0.25, -0.2) is 8.42 Å². The van der Waals surface area contributed by atoms with Gasteiger partial charge in [-0.3, -0.25) is 13.9 Å². The molecule has 7 nitrogen and oxygen atoms in total. The Kier molecular flexibility index (Phi) is 11.3. The molecule has 4 rings (SSSR count). The fraction of sp³-hybridized carbons (Fsp3) is 0.278. The van der Waals surface area contributed by atoms with Gasteiger partial charge in [0.1, 0.15) is 12.6 Å². The average Bonchev–Trinajstić information content (AvgIpc) is 3.03. The molecular formula is C36H41N3O4S. The van der Waals surface area contributed by atoms with Crippen LogP contribution in [0.5, 0.6) is 0 Å². The van der Waals surface area contributed by atoms with Gasteiger partial charge >= 0.3 is 0 Å². The molecule has 4 aromatic carbocycles. The molecule has 0 aromatic heterocycles. The first-order chi connectivity index (χ1) is 21.2. The molecule has 2 amide bonds. The number of aryl methyl sites for hydroxylation is 2. The van der Waals surface area contributed by atoms with Gasteiger partial charge in [0.05, 0.1) is 10.6 Å². The van der Waals surface area contributed by atoms with E-state index in [0.29, 0.717) is 17.8 Å². The molecule has 0 heterocycles. The Bertz CT molecular complexity index is 1630. The van der Waals surface area contributed by atoms with Crippen molar-refractivity contribution < 1.29 is 18.0 Å². The highest BCUT2D eigenvalue weighted by atomic mass is 32.2. The minimum atomic E-state index is -4.12. The van der Waals surface area contributed by atoms with Crippen molar-refractivity contribution in [1.82, 2.24) is 10.2 Å². The third kappa shape index (κ3) is 8.35. The zero-order valence-corrected chi connectivity index (χ0v) is 26.5. The Hall–Kier alpha value is -4.43. The largest absolute Gasteiger partial charge is 0.354 e. The van der Waals surface area contributed by atoms with Crippen LogP contribution in [-0.2, 0) is 32.6 Å². The zero-order chi connectivity index (χ0) is 31.5. The maximum absolute atomic E-state index is 14.5. The SMILES string of the molecule is CCCCNC(=O)[C@@H](Cc1ccccc1)N(Cc1ccc(C)cc1)C(=O)CN(c1ccccc1C)S(=O)(=O)c1ccccc1. The van der Waals surface area contributed by atoms with Crippen LogP contribution in [0.25, 0.3) is 0 Å². The second kappa shape index (κ2) is 15.3. The highest BCUT2D eigenvalue weighted by molar-refractivity contribution is 7.92. The van der Waals surface area contributed by atoms with Crippen molar-refractivity contribution in [3.8, 4) is 0 Å². The lowest BCUT2D eigenvalue weighted by Crippen LogP contribution is -2.53. The van der Waals surface area contributed by atoms with Gasteiger partial charge in [0, 0.05) is 19.5 Å². The van der Waals surface area contributed by atoms with Crippen molar-refractivity contribution in [3.63, 3.8) is 0 Å². The standard InChI is InChI=1S/C36H41N3O4S/c1-4-5-24-37-36(41)34(25-30-15-8-6-9-16-30)38(26-31-22-20-28(2)21-23-31)35(40)27-39(33-19-13-12-14-29(33)3)44(42,43)32-17-10-7-11-18-32/h6-23,34H,4-5,24-27H2,1-3H3,(H,37,41)/t34-/m1/s1. The Morgan fingerprint density at radius 2 is 1.39 bits per heavy atom. The smallest absolute Gasteiger partial charge is 0.264 e. The lowest BCUT2D eigenvalue weighted by Gasteiger charge is -2.34. The highest BCUT2D eigenvalue weighted by Gasteiger charge is 2.34. The van der Waals surface area contributed by atoms with E-state index in [1.807, 2.05) is 87.5 Å². The van der Waals surface area contributed by atoms with E-state index >= 15 is 0 Å².